The normalized spacial score (nSPS) is 17.2. The molecule has 0 saturated heterocycles. The maximum atomic E-state index is 6.46. The van der Waals surface area contributed by atoms with E-state index in [1.54, 1.807) is 38.1 Å². The van der Waals surface area contributed by atoms with Crippen LogP contribution in [0.2, 0.25) is 0 Å². The molecule has 1 aliphatic rings. The number of allylic oxidation sites excluding steroid dienone is 3. The molecule has 0 aliphatic carbocycles. The Kier molecular flexibility index (Phi) is 7.28. The van der Waals surface area contributed by atoms with E-state index >= 15 is 0 Å². The van der Waals surface area contributed by atoms with Gasteiger partial charge >= 0.3 is 0 Å². The predicted octanol–water partition coefficient (Wildman–Crippen LogP) is 2.66. The van der Waals surface area contributed by atoms with Crippen molar-refractivity contribution in [3.63, 3.8) is 0 Å². The third kappa shape index (κ3) is 5.34. The van der Waals surface area contributed by atoms with Crippen LogP contribution in [0.25, 0.3) is 17.3 Å². The number of anilines is 1. The van der Waals surface area contributed by atoms with Crippen LogP contribution in [0.1, 0.15) is 30.7 Å². The minimum atomic E-state index is -0.202. The molecule has 2 aromatic heterocycles. The van der Waals surface area contributed by atoms with Crippen molar-refractivity contribution >= 4 is 29.2 Å². The van der Waals surface area contributed by atoms with Gasteiger partial charge in [-0.25, -0.2) is 0 Å². The van der Waals surface area contributed by atoms with E-state index in [1.807, 2.05) is 36.4 Å². The van der Waals surface area contributed by atoms with E-state index in [4.69, 9.17) is 17.2 Å². The summed E-state index contributed by atoms with van der Waals surface area (Å²) in [5.41, 5.74) is 24.1. The Labute approximate surface area is 188 Å². The van der Waals surface area contributed by atoms with Gasteiger partial charge in [-0.1, -0.05) is 13.8 Å². The second-order valence-corrected chi connectivity index (χ2v) is 7.65. The summed E-state index contributed by atoms with van der Waals surface area (Å²) in [7, 11) is 1.71. The number of pyridine rings is 2. The first-order chi connectivity index (χ1) is 15.4. The Hall–Kier alpha value is -4.07. The molecule has 3 rings (SSSR count). The molecule has 1 atom stereocenters. The first-order valence-corrected chi connectivity index (χ1v) is 10.4. The Morgan fingerprint density at radius 2 is 1.97 bits per heavy atom. The number of aliphatic imine (C=N–C) groups is 1. The van der Waals surface area contributed by atoms with Crippen LogP contribution >= 0.6 is 0 Å². The van der Waals surface area contributed by atoms with Crippen molar-refractivity contribution in [2.75, 3.05) is 12.4 Å². The zero-order chi connectivity index (χ0) is 23.1. The van der Waals surface area contributed by atoms with E-state index in [1.165, 1.54) is 0 Å². The summed E-state index contributed by atoms with van der Waals surface area (Å²) in [4.78, 5) is 12.8. The molecule has 0 fully saturated rings. The Balaban J connectivity index is 1.88. The molecule has 8 nitrogen and oxygen atoms in total. The number of hydrogen-bond acceptors (Lipinski definition) is 8. The lowest BCUT2D eigenvalue weighted by molar-refractivity contribution is 0.720. The monoisotopic (exact) mass is 430 g/mol. The molecule has 1 aliphatic heterocycles. The van der Waals surface area contributed by atoms with Crippen molar-refractivity contribution in [1.29, 1.82) is 0 Å². The second-order valence-electron chi connectivity index (χ2n) is 7.65. The summed E-state index contributed by atoms with van der Waals surface area (Å²) in [5.74, 6) is 0.796. The van der Waals surface area contributed by atoms with Crippen molar-refractivity contribution in [2.45, 2.75) is 20.0 Å². The third-order valence-electron chi connectivity index (χ3n) is 5.03. The Bertz CT molecular complexity index is 1090. The molecule has 0 bridgehead atoms. The van der Waals surface area contributed by atoms with Crippen LogP contribution in [-0.2, 0) is 0 Å². The van der Waals surface area contributed by atoms with Crippen molar-refractivity contribution in [1.82, 2.24) is 15.3 Å². The molecule has 8 N–H and O–H groups in total. The van der Waals surface area contributed by atoms with Crippen LogP contribution in [0.15, 0.2) is 71.5 Å². The van der Waals surface area contributed by atoms with Crippen LogP contribution in [0.4, 0.5) is 5.69 Å². The van der Waals surface area contributed by atoms with Crippen LogP contribution in [0.5, 0.6) is 0 Å². The van der Waals surface area contributed by atoms with Crippen molar-refractivity contribution in [2.24, 2.45) is 28.1 Å². The molecule has 2 aromatic rings. The highest BCUT2D eigenvalue weighted by atomic mass is 15.2. The fourth-order valence-electron chi connectivity index (χ4n) is 3.28. The van der Waals surface area contributed by atoms with E-state index in [2.05, 4.69) is 39.4 Å². The average molecular weight is 431 g/mol. The van der Waals surface area contributed by atoms with Crippen molar-refractivity contribution in [3.8, 4) is 0 Å². The fraction of sp³-hybridized carbons (Fsp3) is 0.208. The van der Waals surface area contributed by atoms with Gasteiger partial charge in [0.2, 0.25) is 0 Å². The molecule has 32 heavy (non-hydrogen) atoms. The standard InChI is InChI=1S/C24H30N8/c1-15(2)17(12-25)11-22(26)32-23-5-4-20-21(31-23)10-18(13-30-20)19(14-28-3)24(27)16-6-8-29-9-7-16/h4-15,23,31-32H,25-27H2,1-3H3/b17-12+,22-11+,24-19?,28-14?. The molecular formula is C24H30N8. The Morgan fingerprint density at radius 1 is 1.22 bits per heavy atom. The van der Waals surface area contributed by atoms with Gasteiger partial charge in [0.05, 0.1) is 17.2 Å². The van der Waals surface area contributed by atoms with E-state index in [-0.39, 0.29) is 12.1 Å². The lowest BCUT2D eigenvalue weighted by Crippen LogP contribution is -2.38. The molecular weight excluding hydrogens is 400 g/mol. The highest BCUT2D eigenvalue weighted by Gasteiger charge is 2.16. The maximum absolute atomic E-state index is 6.46. The fourth-order valence-corrected chi connectivity index (χ4v) is 3.28. The summed E-state index contributed by atoms with van der Waals surface area (Å²) in [6.45, 7) is 4.13. The number of nitrogens with zero attached hydrogens (tertiary/aromatic N) is 3. The predicted molar refractivity (Wildman–Crippen MR) is 133 cm³/mol. The van der Waals surface area contributed by atoms with Gasteiger partial charge in [0.15, 0.2) is 0 Å². The van der Waals surface area contributed by atoms with Crippen molar-refractivity contribution < 1.29 is 0 Å². The lowest BCUT2D eigenvalue weighted by atomic mass is 10.0. The average Bonchev–Trinajstić information content (AvgIpc) is 2.80. The second kappa shape index (κ2) is 10.3. The van der Waals surface area contributed by atoms with Gasteiger partial charge in [-0.15, -0.1) is 0 Å². The number of aromatic nitrogens is 2. The first kappa shape index (κ1) is 22.6. The van der Waals surface area contributed by atoms with Crippen molar-refractivity contribution in [3.05, 3.63) is 83.4 Å². The smallest absolute Gasteiger partial charge is 0.117 e. The van der Waals surface area contributed by atoms with Gasteiger partial charge in [0.25, 0.3) is 0 Å². The molecule has 0 saturated carbocycles. The number of nitrogens with one attached hydrogen (secondary N) is 2. The van der Waals surface area contributed by atoms with Gasteiger partial charge < -0.3 is 27.8 Å². The SMILES string of the molecule is CN=CC(=C(N)c1ccncc1)c1cnc2c(c1)NC(N/C(N)=C/C(=C\N)C(C)C)C=C2. The van der Waals surface area contributed by atoms with Crippen LogP contribution in [0.3, 0.4) is 0 Å². The summed E-state index contributed by atoms with van der Waals surface area (Å²) < 4.78 is 0. The maximum Gasteiger partial charge on any atom is 0.117 e. The summed E-state index contributed by atoms with van der Waals surface area (Å²) >= 11 is 0. The van der Waals surface area contributed by atoms with Crippen LogP contribution in [-0.4, -0.2) is 29.4 Å². The molecule has 0 radical (unpaired) electrons. The molecule has 3 heterocycles. The van der Waals surface area contributed by atoms with Gasteiger partial charge in [-0.2, -0.15) is 0 Å². The Morgan fingerprint density at radius 3 is 2.62 bits per heavy atom. The highest BCUT2D eigenvalue weighted by molar-refractivity contribution is 6.19. The van der Waals surface area contributed by atoms with Crippen LogP contribution < -0.4 is 27.8 Å². The quantitative estimate of drug-likeness (QED) is 0.336. The molecule has 0 spiro atoms. The zero-order valence-corrected chi connectivity index (χ0v) is 18.6. The van der Waals surface area contributed by atoms with Gasteiger partial charge in [-0.05, 0) is 54.1 Å². The number of nitrogens with two attached hydrogens (primary N) is 3. The van der Waals surface area contributed by atoms with Crippen LogP contribution in [0, 0.1) is 5.92 Å². The van der Waals surface area contributed by atoms with Gasteiger partial charge in [0.1, 0.15) is 6.17 Å². The lowest BCUT2D eigenvalue weighted by Gasteiger charge is -2.24. The zero-order valence-electron chi connectivity index (χ0n) is 18.6. The minimum Gasteiger partial charge on any atom is -0.404 e. The summed E-state index contributed by atoms with van der Waals surface area (Å²) in [5, 5.41) is 6.66. The van der Waals surface area contributed by atoms with E-state index in [0.717, 1.165) is 33.7 Å². The molecule has 0 amide bonds. The first-order valence-electron chi connectivity index (χ1n) is 10.4. The molecule has 166 valence electrons. The minimum absolute atomic E-state index is 0.202. The van der Waals surface area contributed by atoms with E-state index in [0.29, 0.717) is 11.5 Å². The van der Waals surface area contributed by atoms with Gasteiger partial charge in [-0.3, -0.25) is 15.0 Å². The molecule has 1 unspecified atom stereocenters. The summed E-state index contributed by atoms with van der Waals surface area (Å²) in [6, 6.07) is 5.73. The largest absolute Gasteiger partial charge is 0.404 e. The number of hydrogen-bond donors (Lipinski definition) is 5. The molecule has 8 heteroatoms. The van der Waals surface area contributed by atoms with E-state index < -0.39 is 0 Å². The highest BCUT2D eigenvalue weighted by Crippen LogP contribution is 2.27. The van der Waals surface area contributed by atoms with E-state index in [9.17, 15) is 0 Å². The topological polar surface area (TPSA) is 140 Å². The summed E-state index contributed by atoms with van der Waals surface area (Å²) in [6.07, 6.45) is 14.1. The number of fused-ring (bicyclic) bond motifs is 1. The molecule has 0 aromatic carbocycles. The van der Waals surface area contributed by atoms with Gasteiger partial charge in [0, 0.05) is 54.2 Å². The third-order valence-corrected chi connectivity index (χ3v) is 5.03. The number of rotatable bonds is 7.